The first-order valence-electron chi connectivity index (χ1n) is 5.41. The van der Waals surface area contributed by atoms with Gasteiger partial charge < -0.3 is 15.4 Å². The van der Waals surface area contributed by atoms with E-state index in [2.05, 4.69) is 10.6 Å². The zero-order chi connectivity index (χ0) is 12.8. The molecule has 0 saturated heterocycles. The smallest absolute Gasteiger partial charge is 0.408 e. The van der Waals surface area contributed by atoms with Crippen LogP contribution in [0.4, 0.5) is 4.79 Å². The van der Waals surface area contributed by atoms with Crippen LogP contribution in [0.5, 0.6) is 0 Å². The van der Waals surface area contributed by atoms with Crippen molar-refractivity contribution >= 4 is 11.9 Å². The Bertz CT molecular complexity index is 246. The first kappa shape index (κ1) is 14.9. The van der Waals surface area contributed by atoms with Crippen LogP contribution < -0.4 is 10.6 Å². The number of carbonyl (C=O) groups is 2. The van der Waals surface area contributed by atoms with Gasteiger partial charge in [-0.3, -0.25) is 4.79 Å². The van der Waals surface area contributed by atoms with Gasteiger partial charge in [0.05, 0.1) is 6.04 Å². The lowest BCUT2D eigenvalue weighted by molar-refractivity contribution is -0.119. The zero-order valence-electron chi connectivity index (χ0n) is 10.7. The number of amides is 1. The number of rotatable bonds is 5. The van der Waals surface area contributed by atoms with Gasteiger partial charge >= 0.3 is 6.09 Å². The van der Waals surface area contributed by atoms with E-state index >= 15 is 0 Å². The summed E-state index contributed by atoms with van der Waals surface area (Å²) in [6.07, 6.45) is 0.00856. The van der Waals surface area contributed by atoms with Crippen LogP contribution in [0, 0.1) is 0 Å². The van der Waals surface area contributed by atoms with Gasteiger partial charge in [0.1, 0.15) is 5.60 Å². The molecule has 94 valence electrons. The van der Waals surface area contributed by atoms with Gasteiger partial charge in [0, 0.05) is 0 Å². The Morgan fingerprint density at radius 1 is 1.31 bits per heavy atom. The van der Waals surface area contributed by atoms with E-state index in [1.807, 2.05) is 0 Å². The molecule has 0 aliphatic rings. The van der Waals surface area contributed by atoms with Crippen LogP contribution in [0.1, 0.15) is 34.1 Å². The molecule has 16 heavy (non-hydrogen) atoms. The van der Waals surface area contributed by atoms with Gasteiger partial charge in [-0.1, -0.05) is 0 Å². The van der Waals surface area contributed by atoms with Crippen LogP contribution in [0.25, 0.3) is 0 Å². The molecule has 0 saturated carbocycles. The molecule has 0 heterocycles. The van der Waals surface area contributed by atoms with Crippen molar-refractivity contribution in [1.82, 2.24) is 10.6 Å². The van der Waals surface area contributed by atoms with Crippen molar-refractivity contribution in [2.24, 2.45) is 0 Å². The number of hydrogen-bond acceptors (Lipinski definition) is 4. The lowest BCUT2D eigenvalue weighted by Crippen LogP contribution is -2.43. The highest BCUT2D eigenvalue weighted by Crippen LogP contribution is 2.07. The van der Waals surface area contributed by atoms with Crippen molar-refractivity contribution in [3.63, 3.8) is 0 Å². The second-order valence-electron chi connectivity index (χ2n) is 4.70. The molecule has 0 fully saturated rings. The summed E-state index contributed by atoms with van der Waals surface area (Å²) in [5.41, 5.74) is -0.547. The first-order valence-corrected chi connectivity index (χ1v) is 5.41. The maximum atomic E-state index is 11.4. The Morgan fingerprint density at radius 3 is 2.25 bits per heavy atom. The Labute approximate surface area is 96.9 Å². The normalized spacial score (nSPS) is 13.1. The Kier molecular flexibility index (Phi) is 6.03. The Balaban J connectivity index is 4.19. The third-order valence-corrected chi connectivity index (χ3v) is 1.86. The van der Waals surface area contributed by atoms with E-state index in [1.54, 1.807) is 27.8 Å². The largest absolute Gasteiger partial charge is 0.444 e. The van der Waals surface area contributed by atoms with Crippen molar-refractivity contribution in [2.75, 3.05) is 13.6 Å². The topological polar surface area (TPSA) is 67.4 Å². The molecule has 0 aromatic carbocycles. The lowest BCUT2D eigenvalue weighted by atomic mass is 10.1. The fourth-order valence-electron chi connectivity index (χ4n) is 1.12. The van der Waals surface area contributed by atoms with Crippen molar-refractivity contribution in [1.29, 1.82) is 0 Å². The molecule has 5 nitrogen and oxygen atoms in total. The quantitative estimate of drug-likeness (QED) is 0.741. The maximum Gasteiger partial charge on any atom is 0.408 e. The van der Waals surface area contributed by atoms with E-state index in [0.29, 0.717) is 13.0 Å². The second kappa shape index (κ2) is 6.48. The summed E-state index contributed by atoms with van der Waals surface area (Å²) in [7, 11) is 1.80. The van der Waals surface area contributed by atoms with Gasteiger partial charge in [-0.15, -0.1) is 0 Å². The zero-order valence-corrected chi connectivity index (χ0v) is 10.7. The fraction of sp³-hybridized carbons (Fsp3) is 0.818. The minimum Gasteiger partial charge on any atom is -0.444 e. The van der Waals surface area contributed by atoms with Crippen LogP contribution in [0.3, 0.4) is 0 Å². The molecule has 2 N–H and O–H groups in total. The van der Waals surface area contributed by atoms with Gasteiger partial charge in [-0.25, -0.2) is 4.79 Å². The van der Waals surface area contributed by atoms with E-state index in [-0.39, 0.29) is 5.78 Å². The number of alkyl carbamates (subject to hydrolysis) is 1. The summed E-state index contributed by atoms with van der Waals surface area (Å²) >= 11 is 0. The third kappa shape index (κ3) is 7.23. The third-order valence-electron chi connectivity index (χ3n) is 1.86. The van der Waals surface area contributed by atoms with Crippen LogP contribution in [-0.2, 0) is 9.53 Å². The van der Waals surface area contributed by atoms with Crippen LogP contribution in [0.15, 0.2) is 0 Å². The summed E-state index contributed by atoms with van der Waals surface area (Å²) in [5.74, 6) is -0.0684. The maximum absolute atomic E-state index is 11.4. The van der Waals surface area contributed by atoms with Crippen LogP contribution in [-0.4, -0.2) is 37.1 Å². The number of ether oxygens (including phenoxy) is 1. The average molecular weight is 230 g/mol. The molecule has 1 atom stereocenters. The van der Waals surface area contributed by atoms with Crippen molar-refractivity contribution < 1.29 is 14.3 Å². The number of carbonyl (C=O) groups excluding carboxylic acids is 2. The van der Waals surface area contributed by atoms with E-state index in [9.17, 15) is 9.59 Å². The van der Waals surface area contributed by atoms with Crippen LogP contribution in [0.2, 0.25) is 0 Å². The summed E-state index contributed by atoms with van der Waals surface area (Å²) in [6, 6.07) is -0.484. The molecule has 5 heteroatoms. The predicted octanol–water partition coefficient (Wildman–Crippen LogP) is 1.08. The molecule has 1 unspecified atom stereocenters. The second-order valence-corrected chi connectivity index (χ2v) is 4.70. The van der Waals surface area contributed by atoms with E-state index < -0.39 is 17.7 Å². The molecule has 0 aromatic heterocycles. The van der Waals surface area contributed by atoms with Gasteiger partial charge in [0.2, 0.25) is 0 Å². The predicted molar refractivity (Wildman–Crippen MR) is 62.4 cm³/mol. The van der Waals surface area contributed by atoms with E-state index in [1.165, 1.54) is 6.92 Å². The average Bonchev–Trinajstić information content (AvgIpc) is 2.08. The summed E-state index contributed by atoms with van der Waals surface area (Å²) in [6.45, 7) is 7.46. The van der Waals surface area contributed by atoms with Gasteiger partial charge in [-0.05, 0) is 47.7 Å². The summed E-state index contributed by atoms with van der Waals surface area (Å²) < 4.78 is 5.08. The highest BCUT2D eigenvalue weighted by molar-refractivity contribution is 5.85. The molecule has 0 aliphatic heterocycles. The minimum atomic E-state index is -0.552. The van der Waals surface area contributed by atoms with Crippen LogP contribution >= 0.6 is 0 Å². The van der Waals surface area contributed by atoms with Crippen molar-refractivity contribution in [3.05, 3.63) is 0 Å². The first-order chi connectivity index (χ1) is 7.26. The molecule has 0 radical (unpaired) electrons. The minimum absolute atomic E-state index is 0.0684. The molecular formula is C11H22N2O3. The standard InChI is InChI=1S/C11H22N2O3/c1-8(14)9(6-7-12-5)13-10(15)16-11(2,3)4/h9,12H,6-7H2,1-5H3,(H,13,15). The monoisotopic (exact) mass is 230 g/mol. The Morgan fingerprint density at radius 2 is 1.88 bits per heavy atom. The Hall–Kier alpha value is -1.10. The highest BCUT2D eigenvalue weighted by Gasteiger charge is 2.21. The van der Waals surface area contributed by atoms with Crippen molar-refractivity contribution in [2.45, 2.75) is 45.8 Å². The number of Topliss-reactive ketones (excluding diaryl/α,β-unsaturated/α-hetero) is 1. The van der Waals surface area contributed by atoms with E-state index in [4.69, 9.17) is 4.74 Å². The SMILES string of the molecule is CNCCC(NC(=O)OC(C)(C)C)C(C)=O. The lowest BCUT2D eigenvalue weighted by Gasteiger charge is -2.22. The van der Waals surface area contributed by atoms with Gasteiger partial charge in [-0.2, -0.15) is 0 Å². The van der Waals surface area contributed by atoms with Crippen molar-refractivity contribution in [3.8, 4) is 0 Å². The number of ketones is 1. The summed E-state index contributed by atoms with van der Waals surface area (Å²) in [4.78, 5) is 22.7. The van der Waals surface area contributed by atoms with E-state index in [0.717, 1.165) is 0 Å². The fourth-order valence-corrected chi connectivity index (χ4v) is 1.12. The molecule has 0 bridgehead atoms. The molecule has 0 aromatic rings. The van der Waals surface area contributed by atoms with Gasteiger partial charge in [0.15, 0.2) is 5.78 Å². The number of hydrogen-bond donors (Lipinski definition) is 2. The molecule has 0 rings (SSSR count). The molecule has 1 amide bonds. The number of nitrogens with one attached hydrogen (secondary N) is 2. The molecule has 0 aliphatic carbocycles. The molecular weight excluding hydrogens is 208 g/mol. The van der Waals surface area contributed by atoms with Gasteiger partial charge in [0.25, 0.3) is 0 Å². The highest BCUT2D eigenvalue weighted by atomic mass is 16.6. The molecule has 0 spiro atoms. The summed E-state index contributed by atoms with van der Waals surface area (Å²) in [5, 5.41) is 5.49.